The Balaban J connectivity index is 1.52. The van der Waals surface area contributed by atoms with Gasteiger partial charge in [0.1, 0.15) is 18.0 Å². The monoisotopic (exact) mass is 446 g/mol. The Morgan fingerprint density at radius 2 is 2.09 bits per heavy atom. The summed E-state index contributed by atoms with van der Waals surface area (Å²) < 4.78 is 7.48. The van der Waals surface area contributed by atoms with Crippen LogP contribution in [-0.4, -0.2) is 41.0 Å². The van der Waals surface area contributed by atoms with E-state index in [9.17, 15) is 4.79 Å². The predicted molar refractivity (Wildman–Crippen MR) is 120 cm³/mol. The average Bonchev–Trinajstić information content (AvgIpc) is 3.43. The molecule has 1 fully saturated rings. The van der Waals surface area contributed by atoms with Gasteiger partial charge in [0.25, 0.3) is 0 Å². The van der Waals surface area contributed by atoms with Gasteiger partial charge in [-0.3, -0.25) is 9.78 Å². The molecule has 0 unspecified atom stereocenters. The third kappa shape index (κ3) is 5.34. The number of ether oxygens (including phenoxy) is 1. The summed E-state index contributed by atoms with van der Waals surface area (Å²) in [4.78, 5) is 24.3. The largest absolute Gasteiger partial charge is 0.481 e. The van der Waals surface area contributed by atoms with Crippen molar-refractivity contribution in [1.29, 1.82) is 0 Å². The topological polar surface area (TPSA) is 116 Å². The second-order valence-corrected chi connectivity index (χ2v) is 8.31. The van der Waals surface area contributed by atoms with Crippen molar-refractivity contribution in [3.63, 3.8) is 0 Å². The molecule has 170 valence electrons. The third-order valence-electron chi connectivity index (χ3n) is 5.61. The van der Waals surface area contributed by atoms with Crippen molar-refractivity contribution in [1.82, 2.24) is 29.9 Å². The maximum atomic E-state index is 11.0. The Kier molecular flexibility index (Phi) is 6.36. The molecule has 3 aromatic heterocycles. The van der Waals surface area contributed by atoms with Gasteiger partial charge in [0.05, 0.1) is 17.8 Å². The van der Waals surface area contributed by atoms with Crippen LogP contribution in [0.5, 0.6) is 6.01 Å². The Morgan fingerprint density at radius 3 is 2.79 bits per heavy atom. The molecule has 1 aliphatic rings. The Labute approximate surface area is 192 Å². The molecule has 0 amide bonds. The van der Waals surface area contributed by atoms with Crippen LogP contribution in [0, 0.1) is 24.2 Å². The van der Waals surface area contributed by atoms with Crippen molar-refractivity contribution in [3.05, 3.63) is 47.0 Å². The maximum Gasteiger partial charge on any atom is 0.316 e. The fourth-order valence-corrected chi connectivity index (χ4v) is 3.52. The highest BCUT2D eigenvalue weighted by atomic mass is 16.5. The highest BCUT2D eigenvalue weighted by molar-refractivity contribution is 5.69. The number of hydrogen-bond acceptors (Lipinski definition) is 7. The van der Waals surface area contributed by atoms with Gasteiger partial charge in [-0.2, -0.15) is 0 Å². The van der Waals surface area contributed by atoms with Crippen molar-refractivity contribution < 1.29 is 14.6 Å². The molecule has 1 saturated carbocycles. The minimum Gasteiger partial charge on any atom is -0.481 e. The number of nitrogens with zero attached hydrogens (tertiary/aromatic N) is 6. The van der Waals surface area contributed by atoms with Crippen LogP contribution in [0.25, 0.3) is 11.4 Å². The molecule has 4 rings (SSSR count). The van der Waals surface area contributed by atoms with Gasteiger partial charge in [-0.25, -0.2) is 14.6 Å². The lowest BCUT2D eigenvalue weighted by atomic mass is 10.0. The van der Waals surface area contributed by atoms with Gasteiger partial charge in [-0.15, -0.1) is 5.10 Å². The molecule has 1 N–H and O–H groups in total. The van der Waals surface area contributed by atoms with Crippen LogP contribution in [0.15, 0.2) is 24.4 Å². The first-order valence-corrected chi connectivity index (χ1v) is 11.0. The van der Waals surface area contributed by atoms with Gasteiger partial charge in [0.15, 0.2) is 0 Å². The lowest BCUT2D eigenvalue weighted by Crippen LogP contribution is -2.07. The van der Waals surface area contributed by atoms with Crippen LogP contribution in [-0.2, 0) is 24.9 Å². The van der Waals surface area contributed by atoms with Gasteiger partial charge in [0, 0.05) is 29.9 Å². The molecule has 9 heteroatoms. The molecule has 0 radical (unpaired) electrons. The molecule has 1 aliphatic carbocycles. The summed E-state index contributed by atoms with van der Waals surface area (Å²) in [6, 6.07) is 5.94. The number of carboxylic acids is 1. The van der Waals surface area contributed by atoms with E-state index in [-0.39, 0.29) is 18.4 Å². The molecule has 33 heavy (non-hydrogen) atoms. The standard InChI is InChI=1S/C24H26N6O3/c1-4-5-18-9-13-25-23(27-18)33-15-20-22(28-29-30(20)3)19-7-6-17(16(2)26-19)8-10-24(11-12-24)14-21(31)32/h6-7,9,13H,4-5,11-12,14-15H2,1-3H3,(H,31,32). The second kappa shape index (κ2) is 9.36. The second-order valence-electron chi connectivity index (χ2n) is 8.31. The molecular weight excluding hydrogens is 420 g/mol. The van der Waals surface area contributed by atoms with Gasteiger partial charge < -0.3 is 9.84 Å². The fraction of sp³-hybridized carbons (Fsp3) is 0.417. The van der Waals surface area contributed by atoms with E-state index in [4.69, 9.17) is 9.84 Å². The average molecular weight is 447 g/mol. The van der Waals surface area contributed by atoms with Crippen molar-refractivity contribution >= 4 is 5.97 Å². The van der Waals surface area contributed by atoms with Crippen LogP contribution < -0.4 is 4.74 Å². The summed E-state index contributed by atoms with van der Waals surface area (Å²) >= 11 is 0. The molecule has 0 aromatic carbocycles. The van der Waals surface area contributed by atoms with Gasteiger partial charge in [-0.1, -0.05) is 30.4 Å². The van der Waals surface area contributed by atoms with Crippen LogP contribution in [0.2, 0.25) is 0 Å². The van der Waals surface area contributed by atoms with Crippen molar-refractivity contribution in [2.45, 2.75) is 52.6 Å². The molecule has 0 spiro atoms. The lowest BCUT2D eigenvalue weighted by Gasteiger charge is -2.08. The maximum absolute atomic E-state index is 11.0. The predicted octanol–water partition coefficient (Wildman–Crippen LogP) is 3.11. The molecule has 9 nitrogen and oxygen atoms in total. The molecule has 0 bridgehead atoms. The van der Waals surface area contributed by atoms with E-state index in [1.807, 2.05) is 25.1 Å². The highest BCUT2D eigenvalue weighted by Crippen LogP contribution is 2.48. The zero-order valence-electron chi connectivity index (χ0n) is 19.0. The van der Waals surface area contributed by atoms with E-state index < -0.39 is 5.97 Å². The third-order valence-corrected chi connectivity index (χ3v) is 5.61. The Hall–Kier alpha value is -3.80. The van der Waals surface area contributed by atoms with Crippen molar-refractivity contribution in [3.8, 4) is 29.2 Å². The fourth-order valence-electron chi connectivity index (χ4n) is 3.52. The summed E-state index contributed by atoms with van der Waals surface area (Å²) in [6.07, 6.45) is 5.29. The number of aliphatic carboxylic acids is 1. The summed E-state index contributed by atoms with van der Waals surface area (Å²) in [5, 5.41) is 17.5. The molecule has 3 aromatic rings. The van der Waals surface area contributed by atoms with Gasteiger partial charge in [-0.05, 0) is 44.4 Å². The summed E-state index contributed by atoms with van der Waals surface area (Å²) in [5.74, 6) is 5.46. The quantitative estimate of drug-likeness (QED) is 0.525. The molecule has 0 saturated heterocycles. The smallest absolute Gasteiger partial charge is 0.316 e. The summed E-state index contributed by atoms with van der Waals surface area (Å²) in [7, 11) is 1.80. The SMILES string of the molecule is CCCc1ccnc(OCc2c(-c3ccc(C#CC4(CC(=O)O)CC4)c(C)n3)nnn2C)n1. The lowest BCUT2D eigenvalue weighted by molar-refractivity contribution is -0.137. The minimum absolute atomic E-state index is 0.0819. The number of carboxylic acid groups (broad SMARTS) is 1. The molecule has 0 atom stereocenters. The van der Waals surface area contributed by atoms with Gasteiger partial charge >= 0.3 is 12.0 Å². The molecule has 0 aliphatic heterocycles. The number of carbonyl (C=O) groups is 1. The summed E-state index contributed by atoms with van der Waals surface area (Å²) in [6.45, 7) is 4.18. The number of pyridine rings is 1. The zero-order valence-corrected chi connectivity index (χ0v) is 19.0. The van der Waals surface area contributed by atoms with E-state index in [1.54, 1.807) is 17.9 Å². The van der Waals surface area contributed by atoms with Gasteiger partial charge in [0.2, 0.25) is 0 Å². The van der Waals surface area contributed by atoms with E-state index in [0.29, 0.717) is 17.4 Å². The number of hydrogen-bond donors (Lipinski definition) is 1. The normalized spacial score (nSPS) is 13.8. The van der Waals surface area contributed by atoms with Crippen LogP contribution in [0.1, 0.15) is 55.3 Å². The number of rotatable bonds is 8. The van der Waals surface area contributed by atoms with Crippen LogP contribution in [0.3, 0.4) is 0 Å². The molecule has 3 heterocycles. The zero-order chi connectivity index (χ0) is 23.4. The Morgan fingerprint density at radius 1 is 1.27 bits per heavy atom. The van der Waals surface area contributed by atoms with Crippen LogP contribution >= 0.6 is 0 Å². The van der Waals surface area contributed by atoms with E-state index >= 15 is 0 Å². The number of aromatic nitrogens is 6. The first-order valence-electron chi connectivity index (χ1n) is 11.0. The van der Waals surface area contributed by atoms with Crippen molar-refractivity contribution in [2.75, 3.05) is 0 Å². The van der Waals surface area contributed by atoms with Crippen molar-refractivity contribution in [2.24, 2.45) is 12.5 Å². The van der Waals surface area contributed by atoms with E-state index in [1.165, 1.54) is 0 Å². The van der Waals surface area contributed by atoms with E-state index in [2.05, 4.69) is 44.0 Å². The number of aryl methyl sites for hydroxylation is 3. The highest BCUT2D eigenvalue weighted by Gasteiger charge is 2.43. The van der Waals surface area contributed by atoms with Crippen LogP contribution in [0.4, 0.5) is 0 Å². The minimum atomic E-state index is -0.813. The first kappa shape index (κ1) is 22.4. The summed E-state index contributed by atoms with van der Waals surface area (Å²) in [5.41, 5.74) is 4.12. The first-order chi connectivity index (χ1) is 15.9. The van der Waals surface area contributed by atoms with E-state index in [0.717, 1.165) is 48.3 Å². The Bertz CT molecular complexity index is 1240. The molecular formula is C24H26N6O3.